The highest BCUT2D eigenvalue weighted by Gasteiger charge is 2.38. The monoisotopic (exact) mass is 572 g/mol. The van der Waals surface area contributed by atoms with Gasteiger partial charge in [0.25, 0.3) is 0 Å². The summed E-state index contributed by atoms with van der Waals surface area (Å²) in [6, 6.07) is 0. The lowest BCUT2D eigenvalue weighted by Crippen LogP contribution is -2.42. The van der Waals surface area contributed by atoms with Gasteiger partial charge in [-0.2, -0.15) is 0 Å². The number of hydrogen-bond donors (Lipinski definition) is 0. The van der Waals surface area contributed by atoms with Gasteiger partial charge in [-0.05, 0) is 61.2 Å². The van der Waals surface area contributed by atoms with Gasteiger partial charge in [-0.15, -0.1) is 0 Å². The van der Waals surface area contributed by atoms with Crippen LogP contribution < -0.4 is 0 Å². The van der Waals surface area contributed by atoms with Gasteiger partial charge in [0.2, 0.25) is 0 Å². The topological polar surface area (TPSA) is 73.8 Å². The zero-order chi connectivity index (χ0) is 28.8. The number of ether oxygens (including phenoxy) is 8. The summed E-state index contributed by atoms with van der Waals surface area (Å²) in [5.74, 6) is 1.25. The largest absolute Gasteiger partial charge is 0.377 e. The molecule has 0 aromatic carbocycles. The molecule has 0 radical (unpaired) electrons. The first-order valence-corrected chi connectivity index (χ1v) is 15.9. The minimum Gasteiger partial charge on any atom is -0.377 e. The van der Waals surface area contributed by atoms with Crippen LogP contribution in [0, 0.1) is 22.7 Å². The molecule has 6 atom stereocenters. The van der Waals surface area contributed by atoms with Crippen LogP contribution in [0.5, 0.6) is 0 Å². The second-order valence-electron chi connectivity index (χ2n) is 13.8. The van der Waals surface area contributed by atoms with Gasteiger partial charge < -0.3 is 37.9 Å². The third kappa shape index (κ3) is 12.5. The van der Waals surface area contributed by atoms with E-state index in [-0.39, 0.29) is 35.2 Å². The van der Waals surface area contributed by atoms with Crippen LogP contribution in [0.15, 0.2) is 0 Å². The third-order valence-electron chi connectivity index (χ3n) is 8.89. The Morgan fingerprint density at radius 2 is 0.625 bits per heavy atom. The fourth-order valence-electron chi connectivity index (χ4n) is 6.19. The van der Waals surface area contributed by atoms with Crippen LogP contribution in [-0.2, 0) is 37.9 Å². The minimum atomic E-state index is 0.0883. The van der Waals surface area contributed by atoms with E-state index >= 15 is 0 Å². The summed E-state index contributed by atoms with van der Waals surface area (Å²) in [5.41, 5.74) is 0.538. The quantitative estimate of drug-likeness (QED) is 0.387. The van der Waals surface area contributed by atoms with Crippen LogP contribution in [-0.4, -0.2) is 104 Å². The molecule has 6 unspecified atom stereocenters. The van der Waals surface area contributed by atoms with E-state index in [4.69, 9.17) is 37.9 Å². The van der Waals surface area contributed by atoms with Crippen molar-refractivity contribution in [3.8, 4) is 0 Å². The average molecular weight is 573 g/mol. The summed E-state index contributed by atoms with van der Waals surface area (Å²) in [5, 5.41) is 0. The molecule has 3 rings (SSSR count). The van der Waals surface area contributed by atoms with E-state index in [0.717, 1.165) is 25.7 Å². The molecule has 0 spiro atoms. The van der Waals surface area contributed by atoms with Crippen molar-refractivity contribution in [2.24, 2.45) is 22.7 Å². The highest BCUT2D eigenvalue weighted by Crippen LogP contribution is 2.40. The summed E-state index contributed by atoms with van der Waals surface area (Å²) in [4.78, 5) is 0. The molecule has 236 valence electrons. The van der Waals surface area contributed by atoms with Crippen molar-refractivity contribution >= 4 is 0 Å². The summed E-state index contributed by atoms with van der Waals surface area (Å²) >= 11 is 0. The first kappa shape index (κ1) is 34.2. The molecule has 40 heavy (non-hydrogen) atoms. The summed E-state index contributed by atoms with van der Waals surface area (Å²) in [6.45, 7) is 20.7. The van der Waals surface area contributed by atoms with Crippen LogP contribution in [0.3, 0.4) is 0 Å². The predicted molar refractivity (Wildman–Crippen MR) is 156 cm³/mol. The molecule has 0 aromatic rings. The van der Waals surface area contributed by atoms with Crippen LogP contribution >= 0.6 is 0 Å². The number of rotatable bonds is 0. The molecular weight excluding hydrogens is 512 g/mol. The molecule has 0 aromatic heterocycles. The molecule has 1 saturated heterocycles. The van der Waals surface area contributed by atoms with Gasteiger partial charge in [-0.1, -0.05) is 41.5 Å². The highest BCUT2D eigenvalue weighted by molar-refractivity contribution is 4.88. The van der Waals surface area contributed by atoms with Crippen molar-refractivity contribution < 1.29 is 37.9 Å². The van der Waals surface area contributed by atoms with E-state index in [2.05, 4.69) is 41.5 Å². The molecule has 1 aliphatic heterocycles. The second-order valence-corrected chi connectivity index (χ2v) is 13.8. The van der Waals surface area contributed by atoms with Crippen molar-refractivity contribution in [3.63, 3.8) is 0 Å². The van der Waals surface area contributed by atoms with Crippen molar-refractivity contribution in [2.75, 3.05) is 79.3 Å². The van der Waals surface area contributed by atoms with Crippen LogP contribution in [0.2, 0.25) is 0 Å². The molecular formula is C32H60O8. The molecule has 0 amide bonds. The molecule has 1 heterocycles. The Bertz CT molecular complexity index is 604. The van der Waals surface area contributed by atoms with Gasteiger partial charge in [-0.25, -0.2) is 0 Å². The fourth-order valence-corrected chi connectivity index (χ4v) is 6.19. The van der Waals surface area contributed by atoms with Crippen LogP contribution in [0.4, 0.5) is 0 Å². The Morgan fingerprint density at radius 3 is 0.925 bits per heavy atom. The standard InChI is InChI=1S/C32H60O8/c1-31(2,3)25-7-9-27-29(23-25)39-21-17-35-13-14-36-18-22-40-30-24-26(32(4,5)6)8-10-28(30)38-20-16-34-12-11-33-15-19-37-27/h25-30H,7-24H2,1-6H3. The van der Waals surface area contributed by atoms with Gasteiger partial charge in [0.05, 0.1) is 104 Å². The molecule has 2 aliphatic carbocycles. The predicted octanol–water partition coefficient (Wildman–Crippen LogP) is 5.30. The van der Waals surface area contributed by atoms with Gasteiger partial charge in [-0.3, -0.25) is 0 Å². The molecule has 8 nitrogen and oxygen atoms in total. The summed E-state index contributed by atoms with van der Waals surface area (Å²) in [6.07, 6.45) is 6.80. The van der Waals surface area contributed by atoms with Crippen molar-refractivity contribution in [2.45, 2.75) is 104 Å². The van der Waals surface area contributed by atoms with E-state index in [9.17, 15) is 0 Å². The SMILES string of the molecule is CC(C)(C)C1CCC2OCCOCCOCCOC3CCC(C(C)(C)C)CC3OCCOCCOCCOC2C1. The Hall–Kier alpha value is -0.320. The maximum absolute atomic E-state index is 6.31. The number of hydrogen-bond acceptors (Lipinski definition) is 8. The van der Waals surface area contributed by atoms with Gasteiger partial charge >= 0.3 is 0 Å². The second kappa shape index (κ2) is 17.7. The van der Waals surface area contributed by atoms with Crippen molar-refractivity contribution in [3.05, 3.63) is 0 Å². The van der Waals surface area contributed by atoms with Gasteiger partial charge in [0.15, 0.2) is 0 Å². The van der Waals surface area contributed by atoms with Crippen molar-refractivity contribution in [1.82, 2.24) is 0 Å². The lowest BCUT2D eigenvalue weighted by atomic mass is 9.71. The molecule has 0 N–H and O–H groups in total. The maximum atomic E-state index is 6.31. The molecule has 3 fully saturated rings. The zero-order valence-corrected chi connectivity index (χ0v) is 26.5. The third-order valence-corrected chi connectivity index (χ3v) is 8.89. The molecule has 8 heteroatoms. The maximum Gasteiger partial charge on any atom is 0.0840 e. The molecule has 3 aliphatic rings. The van der Waals surface area contributed by atoms with Gasteiger partial charge in [0.1, 0.15) is 0 Å². The van der Waals surface area contributed by atoms with E-state index in [1.807, 2.05) is 0 Å². The Morgan fingerprint density at radius 1 is 0.350 bits per heavy atom. The smallest absolute Gasteiger partial charge is 0.0840 e. The lowest BCUT2D eigenvalue weighted by molar-refractivity contribution is -0.133. The van der Waals surface area contributed by atoms with Crippen LogP contribution in [0.25, 0.3) is 0 Å². The minimum absolute atomic E-state index is 0.0883. The normalized spacial score (nSPS) is 34.6. The Kier molecular flexibility index (Phi) is 15.1. The van der Waals surface area contributed by atoms with E-state index in [1.54, 1.807) is 0 Å². The summed E-state index contributed by atoms with van der Waals surface area (Å²) in [7, 11) is 0. The Labute approximate surface area is 244 Å². The number of fused-ring (bicyclic) bond motifs is 2. The highest BCUT2D eigenvalue weighted by atomic mass is 16.6. The first-order valence-electron chi connectivity index (χ1n) is 15.9. The van der Waals surface area contributed by atoms with E-state index in [0.29, 0.717) is 91.1 Å². The van der Waals surface area contributed by atoms with Gasteiger partial charge in [0, 0.05) is 0 Å². The Balaban J connectivity index is 1.46. The average Bonchev–Trinajstić information content (AvgIpc) is 2.90. The van der Waals surface area contributed by atoms with Crippen molar-refractivity contribution in [1.29, 1.82) is 0 Å². The van der Waals surface area contributed by atoms with E-state index in [1.165, 1.54) is 12.8 Å². The lowest BCUT2D eigenvalue weighted by Gasteiger charge is -2.41. The summed E-state index contributed by atoms with van der Waals surface area (Å²) < 4.78 is 48.2. The first-order chi connectivity index (χ1) is 19.1. The molecule has 0 bridgehead atoms. The zero-order valence-electron chi connectivity index (χ0n) is 26.5. The van der Waals surface area contributed by atoms with Crippen LogP contribution in [0.1, 0.15) is 80.1 Å². The van der Waals surface area contributed by atoms with E-state index < -0.39 is 0 Å². The molecule has 2 saturated carbocycles. The fraction of sp³-hybridized carbons (Fsp3) is 1.00.